The van der Waals surface area contributed by atoms with Gasteiger partial charge in [-0.3, -0.25) is 0 Å². The highest BCUT2D eigenvalue weighted by atomic mass is 79.9. The summed E-state index contributed by atoms with van der Waals surface area (Å²) < 4.78 is 28.2. The first-order valence-electron chi connectivity index (χ1n) is 5.18. The van der Waals surface area contributed by atoms with Gasteiger partial charge in [0, 0.05) is 9.50 Å². The van der Waals surface area contributed by atoms with Crippen LogP contribution in [0.3, 0.4) is 0 Å². The predicted octanol–water partition coefficient (Wildman–Crippen LogP) is 5.22. The van der Waals surface area contributed by atoms with Crippen LogP contribution in [0, 0.1) is 11.6 Å². The van der Waals surface area contributed by atoms with Crippen molar-refractivity contribution >= 4 is 43.5 Å². The first-order valence-corrected chi connectivity index (χ1v) is 7.14. The zero-order valence-corrected chi connectivity index (χ0v) is 13.2. The van der Waals surface area contributed by atoms with Crippen LogP contribution in [0.5, 0.6) is 0 Å². The van der Waals surface area contributed by atoms with E-state index in [-0.39, 0.29) is 4.47 Å². The lowest BCUT2D eigenvalue weighted by molar-refractivity contribution is 0.208. The minimum absolute atomic E-state index is 0.0908. The Morgan fingerprint density at radius 2 is 1.74 bits per heavy atom. The number of aliphatic hydroxyl groups is 1. The number of aliphatic hydroxyl groups excluding tert-OH is 1. The Morgan fingerprint density at radius 3 is 2.37 bits per heavy atom. The molecule has 100 valence electrons. The van der Waals surface area contributed by atoms with Crippen LogP contribution < -0.4 is 0 Å². The van der Waals surface area contributed by atoms with Gasteiger partial charge < -0.3 is 5.11 Å². The highest BCUT2D eigenvalue weighted by Gasteiger charge is 2.23. The minimum Gasteiger partial charge on any atom is -0.383 e. The molecule has 0 aromatic heterocycles. The van der Waals surface area contributed by atoms with Gasteiger partial charge in [0.25, 0.3) is 0 Å². The van der Waals surface area contributed by atoms with Crippen molar-refractivity contribution in [2.45, 2.75) is 6.10 Å². The molecule has 6 heteroatoms. The van der Waals surface area contributed by atoms with Gasteiger partial charge in [-0.05, 0) is 45.8 Å². The third kappa shape index (κ3) is 2.99. The second kappa shape index (κ2) is 5.87. The summed E-state index contributed by atoms with van der Waals surface area (Å²) in [6.07, 6.45) is -1.43. The van der Waals surface area contributed by atoms with Crippen LogP contribution in [0.15, 0.2) is 39.3 Å². The van der Waals surface area contributed by atoms with Crippen LogP contribution in [0.1, 0.15) is 17.2 Å². The van der Waals surface area contributed by atoms with E-state index < -0.39 is 23.3 Å². The summed E-state index contributed by atoms with van der Waals surface area (Å²) in [5.41, 5.74) is -0.0716. The summed E-state index contributed by atoms with van der Waals surface area (Å²) in [5.74, 6) is -1.63. The topological polar surface area (TPSA) is 20.2 Å². The molecule has 0 saturated heterocycles. The Balaban J connectivity index is 2.56. The van der Waals surface area contributed by atoms with E-state index in [1.54, 1.807) is 12.1 Å². The SMILES string of the molecule is OC(c1ccc(Cl)cc1Br)c1c(F)ccc(Br)c1F. The van der Waals surface area contributed by atoms with Crippen molar-refractivity contribution in [3.05, 3.63) is 67.1 Å². The quantitative estimate of drug-likeness (QED) is 0.670. The van der Waals surface area contributed by atoms with Crippen molar-refractivity contribution in [2.75, 3.05) is 0 Å². The van der Waals surface area contributed by atoms with E-state index in [0.29, 0.717) is 15.1 Å². The van der Waals surface area contributed by atoms with Crippen LogP contribution in [-0.4, -0.2) is 5.11 Å². The van der Waals surface area contributed by atoms with E-state index in [0.717, 1.165) is 6.07 Å². The van der Waals surface area contributed by atoms with Crippen molar-refractivity contribution in [2.24, 2.45) is 0 Å². The van der Waals surface area contributed by atoms with E-state index in [1.165, 1.54) is 12.1 Å². The highest BCUT2D eigenvalue weighted by molar-refractivity contribution is 9.10. The van der Waals surface area contributed by atoms with Gasteiger partial charge in [0.2, 0.25) is 0 Å². The van der Waals surface area contributed by atoms with Crippen LogP contribution in [-0.2, 0) is 0 Å². The first kappa shape index (κ1) is 14.9. The predicted molar refractivity (Wildman–Crippen MR) is 77.3 cm³/mol. The zero-order chi connectivity index (χ0) is 14.2. The lowest BCUT2D eigenvalue weighted by atomic mass is 10.0. The maximum Gasteiger partial charge on any atom is 0.146 e. The van der Waals surface area contributed by atoms with Gasteiger partial charge in [0.1, 0.15) is 17.7 Å². The molecule has 19 heavy (non-hydrogen) atoms. The molecule has 1 nitrogen and oxygen atoms in total. The fourth-order valence-electron chi connectivity index (χ4n) is 1.67. The van der Waals surface area contributed by atoms with Crippen LogP contribution in [0.4, 0.5) is 8.78 Å². The van der Waals surface area contributed by atoms with Gasteiger partial charge in [-0.1, -0.05) is 33.6 Å². The summed E-state index contributed by atoms with van der Waals surface area (Å²) in [7, 11) is 0. The Morgan fingerprint density at radius 1 is 1.05 bits per heavy atom. The molecule has 0 spiro atoms. The molecule has 0 saturated carbocycles. The molecule has 2 rings (SSSR count). The monoisotopic (exact) mass is 410 g/mol. The molecule has 0 heterocycles. The lowest BCUT2D eigenvalue weighted by Gasteiger charge is -2.15. The third-order valence-electron chi connectivity index (χ3n) is 2.61. The maximum absolute atomic E-state index is 13.9. The van der Waals surface area contributed by atoms with Crippen molar-refractivity contribution in [3.8, 4) is 0 Å². The summed E-state index contributed by atoms with van der Waals surface area (Å²) in [4.78, 5) is 0. The molecular weight excluding hydrogens is 405 g/mol. The second-order valence-corrected chi connectivity index (χ2v) is 5.97. The highest BCUT2D eigenvalue weighted by Crippen LogP contribution is 2.34. The van der Waals surface area contributed by atoms with Crippen LogP contribution in [0.2, 0.25) is 5.02 Å². The van der Waals surface area contributed by atoms with Gasteiger partial charge in [-0.2, -0.15) is 0 Å². The summed E-state index contributed by atoms with van der Waals surface area (Å²) in [6, 6.07) is 6.94. The minimum atomic E-state index is -1.43. The molecule has 0 aliphatic heterocycles. The smallest absolute Gasteiger partial charge is 0.146 e. The average molecular weight is 412 g/mol. The molecule has 1 atom stereocenters. The van der Waals surface area contributed by atoms with E-state index in [1.807, 2.05) is 0 Å². The van der Waals surface area contributed by atoms with Gasteiger partial charge >= 0.3 is 0 Å². The molecule has 0 bridgehead atoms. The molecule has 2 aromatic carbocycles. The van der Waals surface area contributed by atoms with Gasteiger partial charge in [-0.25, -0.2) is 8.78 Å². The molecule has 0 fully saturated rings. The Labute approximate surface area is 130 Å². The molecule has 0 aliphatic rings. The fourth-order valence-corrected chi connectivity index (χ4v) is 2.92. The Hall–Kier alpha value is -0.490. The number of benzene rings is 2. The Bertz CT molecular complexity index is 634. The third-order valence-corrected chi connectivity index (χ3v) is 4.14. The summed E-state index contributed by atoms with van der Waals surface area (Å²) in [5, 5.41) is 10.6. The van der Waals surface area contributed by atoms with E-state index in [4.69, 9.17) is 11.6 Å². The lowest BCUT2D eigenvalue weighted by Crippen LogP contribution is -2.07. The van der Waals surface area contributed by atoms with Gasteiger partial charge in [0.05, 0.1) is 10.0 Å². The van der Waals surface area contributed by atoms with Gasteiger partial charge in [0.15, 0.2) is 0 Å². The standard InChI is InChI=1S/C13H7Br2ClF2O/c14-8-3-4-10(17)11(12(8)18)13(19)7-2-1-6(16)5-9(7)15/h1-5,13,19H. The summed E-state index contributed by atoms with van der Waals surface area (Å²) in [6.45, 7) is 0. The number of hydrogen-bond donors (Lipinski definition) is 1. The molecule has 1 N–H and O–H groups in total. The average Bonchev–Trinajstić information content (AvgIpc) is 2.34. The largest absolute Gasteiger partial charge is 0.383 e. The van der Waals surface area contributed by atoms with Gasteiger partial charge in [-0.15, -0.1) is 0 Å². The van der Waals surface area contributed by atoms with Crippen molar-refractivity contribution in [1.82, 2.24) is 0 Å². The van der Waals surface area contributed by atoms with Crippen molar-refractivity contribution < 1.29 is 13.9 Å². The number of hydrogen-bond acceptors (Lipinski definition) is 1. The van der Waals surface area contributed by atoms with E-state index in [9.17, 15) is 13.9 Å². The normalized spacial score (nSPS) is 12.5. The number of rotatable bonds is 2. The zero-order valence-electron chi connectivity index (χ0n) is 9.30. The molecular formula is C13H7Br2ClF2O. The fraction of sp³-hybridized carbons (Fsp3) is 0.0769. The van der Waals surface area contributed by atoms with E-state index >= 15 is 0 Å². The van der Waals surface area contributed by atoms with Crippen molar-refractivity contribution in [1.29, 1.82) is 0 Å². The molecule has 2 aromatic rings. The Kier molecular flexibility index (Phi) is 4.61. The number of halogens is 5. The molecule has 1 unspecified atom stereocenters. The van der Waals surface area contributed by atoms with E-state index in [2.05, 4.69) is 31.9 Å². The summed E-state index contributed by atoms with van der Waals surface area (Å²) >= 11 is 12.0. The molecule has 0 radical (unpaired) electrons. The second-order valence-electron chi connectivity index (χ2n) is 3.83. The first-order chi connectivity index (χ1) is 8.91. The molecule has 0 aliphatic carbocycles. The molecule has 0 amide bonds. The van der Waals surface area contributed by atoms with Crippen LogP contribution >= 0.6 is 43.5 Å². The maximum atomic E-state index is 13.9. The van der Waals surface area contributed by atoms with Crippen LogP contribution in [0.25, 0.3) is 0 Å². The van der Waals surface area contributed by atoms with Crippen molar-refractivity contribution in [3.63, 3.8) is 0 Å².